The molecule has 3 rings (SSSR count). The first-order valence-corrected chi connectivity index (χ1v) is 15.2. The SMILES string of the molecule is Cc1nc(N)ccc1CN(CCc1ccccc1)[C]1=CCC[CH2][In]1[C](N)=O. The zero-order chi connectivity index (χ0) is 19.2. The van der Waals surface area contributed by atoms with Crippen molar-refractivity contribution >= 4 is 30.9 Å². The number of benzene rings is 1. The maximum absolute atomic E-state index is 12.1. The van der Waals surface area contributed by atoms with Crippen LogP contribution in [0.1, 0.15) is 29.7 Å². The van der Waals surface area contributed by atoms with Gasteiger partial charge in [-0.05, 0) is 0 Å². The zero-order valence-electron chi connectivity index (χ0n) is 15.9. The van der Waals surface area contributed by atoms with E-state index in [1.54, 1.807) is 0 Å². The minimum atomic E-state index is -2.59. The van der Waals surface area contributed by atoms with Gasteiger partial charge in [0.25, 0.3) is 0 Å². The molecule has 2 aromatic rings. The third-order valence-electron chi connectivity index (χ3n) is 5.21. The predicted octanol–water partition coefficient (Wildman–Crippen LogP) is 3.39. The second kappa shape index (κ2) is 9.31. The number of aromatic nitrogens is 1. The quantitative estimate of drug-likeness (QED) is 0.656. The van der Waals surface area contributed by atoms with E-state index >= 15 is 0 Å². The Kier molecular flexibility index (Phi) is 6.83. The molecular weight excluding hydrogens is 439 g/mol. The van der Waals surface area contributed by atoms with E-state index in [2.05, 4.69) is 40.2 Å². The van der Waals surface area contributed by atoms with E-state index in [4.69, 9.17) is 11.5 Å². The Hall–Kier alpha value is -1.95. The molecule has 1 aliphatic heterocycles. The van der Waals surface area contributed by atoms with Gasteiger partial charge in [-0.15, -0.1) is 0 Å². The molecule has 5 nitrogen and oxygen atoms in total. The van der Waals surface area contributed by atoms with Crippen LogP contribution in [0, 0.1) is 6.92 Å². The number of nitrogen functional groups attached to an aromatic ring is 1. The maximum atomic E-state index is 12.1. The Bertz CT molecular complexity index is 822. The molecule has 140 valence electrons. The van der Waals surface area contributed by atoms with Gasteiger partial charge in [-0.1, -0.05) is 0 Å². The summed E-state index contributed by atoms with van der Waals surface area (Å²) < 4.78 is 2.27. The summed E-state index contributed by atoms with van der Waals surface area (Å²) in [4.78, 5) is 18.9. The van der Waals surface area contributed by atoms with Gasteiger partial charge in [0.1, 0.15) is 0 Å². The molecule has 1 aromatic heterocycles. The first-order chi connectivity index (χ1) is 13.0. The zero-order valence-corrected chi connectivity index (χ0v) is 19.2. The van der Waals surface area contributed by atoms with Crippen LogP contribution in [0.5, 0.6) is 0 Å². The summed E-state index contributed by atoms with van der Waals surface area (Å²) in [5, 5.41) is 0. The van der Waals surface area contributed by atoms with Crippen molar-refractivity contribution < 1.29 is 4.79 Å². The summed E-state index contributed by atoms with van der Waals surface area (Å²) in [6, 6.07) is 14.4. The summed E-state index contributed by atoms with van der Waals surface area (Å²) in [7, 11) is 0. The summed E-state index contributed by atoms with van der Waals surface area (Å²) in [5.41, 5.74) is 15.0. The van der Waals surface area contributed by atoms with Gasteiger partial charge in [0, 0.05) is 0 Å². The van der Waals surface area contributed by atoms with E-state index in [-0.39, 0.29) is 3.66 Å². The molecule has 0 bridgehead atoms. The average molecular weight is 466 g/mol. The Morgan fingerprint density at radius 1 is 1.22 bits per heavy atom. The number of nitrogens with zero attached hydrogens (tertiary/aromatic N) is 2. The molecule has 0 spiro atoms. The molecule has 4 N–H and O–H groups in total. The number of allylic oxidation sites excluding steroid dienone is 1. The first-order valence-electron chi connectivity index (χ1n) is 9.55. The monoisotopic (exact) mass is 466 g/mol. The Balaban J connectivity index is 1.85. The van der Waals surface area contributed by atoms with Crippen molar-refractivity contribution in [3.8, 4) is 0 Å². The molecule has 0 saturated carbocycles. The van der Waals surface area contributed by atoms with E-state index in [9.17, 15) is 4.79 Å². The molecule has 1 aliphatic rings. The van der Waals surface area contributed by atoms with Crippen molar-refractivity contribution in [3.05, 3.63) is 68.8 Å². The van der Waals surface area contributed by atoms with Crippen molar-refractivity contribution in [2.45, 2.75) is 36.9 Å². The number of pyridine rings is 1. The second-order valence-corrected chi connectivity index (χ2v) is 15.3. The van der Waals surface area contributed by atoms with Gasteiger partial charge in [-0.25, -0.2) is 0 Å². The van der Waals surface area contributed by atoms with Gasteiger partial charge >= 0.3 is 169 Å². The van der Waals surface area contributed by atoms with Gasteiger partial charge in [0.2, 0.25) is 0 Å². The topological polar surface area (TPSA) is 85.2 Å². The third-order valence-corrected chi connectivity index (χ3v) is 13.7. The number of anilines is 1. The number of primary amides is 1. The van der Waals surface area contributed by atoms with Crippen LogP contribution < -0.4 is 11.5 Å². The van der Waals surface area contributed by atoms with Gasteiger partial charge in [0.05, 0.1) is 0 Å². The normalized spacial score (nSPS) is 14.0. The second-order valence-electron chi connectivity index (χ2n) is 7.15. The molecule has 2 heterocycles. The number of carbonyl (C=O) groups is 1. The first kappa shape index (κ1) is 19.8. The average Bonchev–Trinajstić information content (AvgIpc) is 2.67. The molecule has 0 atom stereocenters. The van der Waals surface area contributed by atoms with Crippen LogP contribution in [0.25, 0.3) is 0 Å². The molecular formula is C21H27InN4O. The molecule has 6 heteroatoms. The van der Waals surface area contributed by atoms with Gasteiger partial charge in [0.15, 0.2) is 0 Å². The van der Waals surface area contributed by atoms with Crippen LogP contribution in [0.15, 0.2) is 52.0 Å². The van der Waals surface area contributed by atoms with Crippen molar-refractivity contribution in [1.29, 1.82) is 0 Å². The molecule has 1 amide bonds. The fourth-order valence-corrected chi connectivity index (χ4v) is 11.2. The summed E-state index contributed by atoms with van der Waals surface area (Å²) in [5.74, 6) is 0.540. The molecule has 0 radical (unpaired) electrons. The minimum absolute atomic E-state index is 0.0281. The van der Waals surface area contributed by atoms with Gasteiger partial charge in [-0.3, -0.25) is 0 Å². The number of hydrogen-bond donors (Lipinski definition) is 2. The van der Waals surface area contributed by atoms with Crippen LogP contribution in [0.2, 0.25) is 4.18 Å². The summed E-state index contributed by atoms with van der Waals surface area (Å²) in [6.45, 7) is 3.62. The van der Waals surface area contributed by atoms with E-state index in [1.165, 1.54) is 9.02 Å². The Morgan fingerprint density at radius 3 is 2.70 bits per heavy atom. The van der Waals surface area contributed by atoms with Crippen LogP contribution >= 0.6 is 0 Å². The van der Waals surface area contributed by atoms with Crippen molar-refractivity contribution in [2.75, 3.05) is 12.3 Å². The molecule has 0 aliphatic carbocycles. The van der Waals surface area contributed by atoms with E-state index in [0.29, 0.717) is 5.82 Å². The van der Waals surface area contributed by atoms with Crippen LogP contribution in [0.4, 0.5) is 10.6 Å². The number of aryl methyl sites for hydroxylation is 1. The Morgan fingerprint density at radius 2 is 2.00 bits per heavy atom. The van der Waals surface area contributed by atoms with Crippen LogP contribution in [-0.2, 0) is 13.0 Å². The molecule has 0 unspecified atom stereocenters. The summed E-state index contributed by atoms with van der Waals surface area (Å²) >= 11 is -2.59. The van der Waals surface area contributed by atoms with Crippen LogP contribution in [0.3, 0.4) is 0 Å². The molecule has 1 aromatic carbocycles. The number of hydrogen-bond acceptors (Lipinski definition) is 4. The van der Waals surface area contributed by atoms with Gasteiger partial charge in [-0.2, -0.15) is 0 Å². The number of rotatable bonds is 7. The number of amides is 1. The fraction of sp³-hybridized carbons (Fsp3) is 0.333. The van der Waals surface area contributed by atoms with Crippen molar-refractivity contribution in [2.24, 2.45) is 5.73 Å². The van der Waals surface area contributed by atoms with Crippen molar-refractivity contribution in [3.63, 3.8) is 0 Å². The predicted molar refractivity (Wildman–Crippen MR) is 111 cm³/mol. The van der Waals surface area contributed by atoms with Crippen LogP contribution in [-0.4, -0.2) is 41.5 Å². The molecule has 0 saturated heterocycles. The van der Waals surface area contributed by atoms with Gasteiger partial charge < -0.3 is 0 Å². The van der Waals surface area contributed by atoms with E-state index < -0.39 is 21.4 Å². The summed E-state index contributed by atoms with van der Waals surface area (Å²) in [6.07, 6.45) is 5.36. The fourth-order valence-electron chi connectivity index (χ4n) is 3.69. The van der Waals surface area contributed by atoms with E-state index in [1.807, 2.05) is 25.1 Å². The number of carbonyl (C=O) groups excluding carboxylic acids is 1. The van der Waals surface area contributed by atoms with E-state index in [0.717, 1.165) is 47.8 Å². The molecule has 27 heavy (non-hydrogen) atoms. The van der Waals surface area contributed by atoms with Crippen molar-refractivity contribution in [1.82, 2.24) is 9.88 Å². The Labute approximate surface area is 169 Å². The molecule has 0 fully saturated rings. The standard InChI is InChI=1S/C20H25N3.CH2NO.In/c1-3-4-8-14-23(15-13-18-9-6-5-7-10-18)16-19-11-12-20(21)22-17(19)2;2-1-3;/h5-12H,1,3-4,13,15-16H2,2H3,(H2,21,22);(H2,2,3);. The third kappa shape index (κ3) is 5.28. The number of nitrogens with two attached hydrogens (primary N) is 2.